The maximum atomic E-state index is 12.7. The number of nitrogens with zero attached hydrogens (tertiary/aromatic N) is 4. The molecule has 0 radical (unpaired) electrons. The molecule has 3 N–H and O–H groups in total. The van der Waals surface area contributed by atoms with Gasteiger partial charge in [0.2, 0.25) is 5.95 Å². The van der Waals surface area contributed by atoms with Gasteiger partial charge in [0.05, 0.1) is 6.20 Å². The van der Waals surface area contributed by atoms with Gasteiger partial charge in [-0.3, -0.25) is 9.69 Å². The first-order chi connectivity index (χ1) is 16.5. The molecule has 1 aromatic heterocycles. The van der Waals surface area contributed by atoms with Gasteiger partial charge in [-0.1, -0.05) is 12.8 Å². The van der Waals surface area contributed by atoms with E-state index in [9.17, 15) is 9.59 Å². The Kier molecular flexibility index (Phi) is 7.82. The summed E-state index contributed by atoms with van der Waals surface area (Å²) in [6, 6.07) is 7.57. The summed E-state index contributed by atoms with van der Waals surface area (Å²) >= 11 is 0. The monoisotopic (exact) mass is 465 g/mol. The molecule has 2 heterocycles. The van der Waals surface area contributed by atoms with Crippen molar-refractivity contribution in [3.63, 3.8) is 0 Å². The second kappa shape index (κ2) is 11.2. The third-order valence-corrected chi connectivity index (χ3v) is 6.49. The highest BCUT2D eigenvalue weighted by atomic mass is 16.2. The van der Waals surface area contributed by atoms with Crippen LogP contribution >= 0.6 is 0 Å². The number of anilines is 4. The highest BCUT2D eigenvalue weighted by molar-refractivity contribution is 5.95. The highest BCUT2D eigenvalue weighted by Gasteiger charge is 2.22. The molecule has 0 spiro atoms. The van der Waals surface area contributed by atoms with Crippen molar-refractivity contribution in [3.8, 4) is 0 Å². The van der Waals surface area contributed by atoms with Crippen molar-refractivity contribution in [3.05, 3.63) is 36.0 Å². The van der Waals surface area contributed by atoms with Gasteiger partial charge in [0.1, 0.15) is 5.69 Å². The first-order valence-electron chi connectivity index (χ1n) is 12.4. The third kappa shape index (κ3) is 5.76. The van der Waals surface area contributed by atoms with E-state index in [0.29, 0.717) is 35.6 Å². The molecule has 1 aliphatic heterocycles. The quantitative estimate of drug-likeness (QED) is 0.561. The summed E-state index contributed by atoms with van der Waals surface area (Å²) in [6.07, 6.45) is 9.57. The fourth-order valence-corrected chi connectivity index (χ4v) is 4.53. The Balaban J connectivity index is 1.49. The molecule has 0 atom stereocenters. The Morgan fingerprint density at radius 1 is 1.06 bits per heavy atom. The first-order valence-corrected chi connectivity index (χ1v) is 12.4. The van der Waals surface area contributed by atoms with Crippen molar-refractivity contribution in [2.45, 2.75) is 57.9 Å². The summed E-state index contributed by atoms with van der Waals surface area (Å²) in [5.74, 6) is 1.15. The van der Waals surface area contributed by atoms with E-state index >= 15 is 0 Å². The zero-order chi connectivity index (χ0) is 23.9. The van der Waals surface area contributed by atoms with E-state index in [-0.39, 0.29) is 11.9 Å². The van der Waals surface area contributed by atoms with Crippen LogP contribution in [0, 0.1) is 0 Å². The van der Waals surface area contributed by atoms with E-state index in [0.717, 1.165) is 44.5 Å². The number of aromatic nitrogens is 2. The number of amides is 3. The Morgan fingerprint density at radius 2 is 1.76 bits per heavy atom. The number of carbonyl (C=O) groups is 2. The van der Waals surface area contributed by atoms with Gasteiger partial charge >= 0.3 is 6.03 Å². The first kappa shape index (κ1) is 23.8. The second-order valence-electron chi connectivity index (χ2n) is 9.00. The lowest BCUT2D eigenvalue weighted by Crippen LogP contribution is -2.38. The molecule has 0 bridgehead atoms. The van der Waals surface area contributed by atoms with E-state index in [1.807, 2.05) is 36.1 Å². The van der Waals surface area contributed by atoms with Crippen LogP contribution in [0.2, 0.25) is 0 Å². The number of hydrogen-bond donors (Lipinski definition) is 3. The van der Waals surface area contributed by atoms with Crippen LogP contribution in [0.3, 0.4) is 0 Å². The molecule has 1 aromatic carbocycles. The predicted octanol–water partition coefficient (Wildman–Crippen LogP) is 4.37. The van der Waals surface area contributed by atoms with E-state index < -0.39 is 0 Å². The molecular formula is C25H35N7O2. The van der Waals surface area contributed by atoms with Crippen LogP contribution < -0.4 is 20.9 Å². The van der Waals surface area contributed by atoms with Gasteiger partial charge in [-0.15, -0.1) is 0 Å². The van der Waals surface area contributed by atoms with E-state index in [1.54, 1.807) is 13.2 Å². The van der Waals surface area contributed by atoms with Crippen molar-refractivity contribution in [2.24, 2.45) is 0 Å². The minimum absolute atomic E-state index is 0.0864. The van der Waals surface area contributed by atoms with Crippen LogP contribution in [0.25, 0.3) is 0 Å². The summed E-state index contributed by atoms with van der Waals surface area (Å²) in [7, 11) is 1.72. The molecule has 1 saturated heterocycles. The minimum atomic E-state index is -0.199. The van der Waals surface area contributed by atoms with Crippen LogP contribution in [0.15, 0.2) is 30.5 Å². The van der Waals surface area contributed by atoms with Crippen molar-refractivity contribution >= 4 is 35.1 Å². The zero-order valence-electron chi connectivity index (χ0n) is 20.1. The Hall–Kier alpha value is -3.36. The number of likely N-dealkylation sites (tertiary alicyclic amines) is 1. The molecule has 4 rings (SSSR count). The molecule has 2 fully saturated rings. The molecule has 3 amide bonds. The van der Waals surface area contributed by atoms with Crippen LogP contribution in [0.1, 0.15) is 62.2 Å². The van der Waals surface area contributed by atoms with Crippen LogP contribution in [-0.4, -0.2) is 59.5 Å². The summed E-state index contributed by atoms with van der Waals surface area (Å²) in [5, 5.41) is 9.55. The number of piperidine rings is 1. The third-order valence-electron chi connectivity index (χ3n) is 6.49. The van der Waals surface area contributed by atoms with Crippen molar-refractivity contribution in [1.82, 2.24) is 20.2 Å². The average molecular weight is 466 g/mol. The molecule has 182 valence electrons. The van der Waals surface area contributed by atoms with Gasteiger partial charge < -0.3 is 20.9 Å². The molecule has 1 saturated carbocycles. The Morgan fingerprint density at radius 3 is 2.44 bits per heavy atom. The van der Waals surface area contributed by atoms with Gasteiger partial charge in [0.25, 0.3) is 5.91 Å². The molecule has 9 heteroatoms. The average Bonchev–Trinajstić information content (AvgIpc) is 3.38. The molecule has 9 nitrogen and oxygen atoms in total. The van der Waals surface area contributed by atoms with Gasteiger partial charge in [-0.2, -0.15) is 4.98 Å². The second-order valence-corrected chi connectivity index (χ2v) is 9.00. The van der Waals surface area contributed by atoms with Crippen LogP contribution in [-0.2, 0) is 0 Å². The van der Waals surface area contributed by atoms with Gasteiger partial charge in [-0.05, 0) is 63.3 Å². The molecule has 0 unspecified atom stereocenters. The number of hydrogen-bond acceptors (Lipinski definition) is 6. The Bertz CT molecular complexity index is 983. The molecule has 2 aliphatic rings. The highest BCUT2D eigenvalue weighted by Crippen LogP contribution is 2.29. The van der Waals surface area contributed by atoms with E-state index in [1.165, 1.54) is 24.2 Å². The van der Waals surface area contributed by atoms with Gasteiger partial charge in [0.15, 0.2) is 5.82 Å². The van der Waals surface area contributed by atoms with E-state index in [4.69, 9.17) is 4.98 Å². The summed E-state index contributed by atoms with van der Waals surface area (Å²) < 4.78 is 0. The summed E-state index contributed by atoms with van der Waals surface area (Å²) in [5.41, 5.74) is 2.12. The summed E-state index contributed by atoms with van der Waals surface area (Å²) in [4.78, 5) is 37.7. The summed E-state index contributed by atoms with van der Waals surface area (Å²) in [6.45, 7) is 4.10. The largest absolute Gasteiger partial charge is 0.365 e. The number of rotatable bonds is 7. The maximum Gasteiger partial charge on any atom is 0.321 e. The van der Waals surface area contributed by atoms with Crippen molar-refractivity contribution < 1.29 is 9.59 Å². The molecular weight excluding hydrogens is 430 g/mol. The maximum absolute atomic E-state index is 12.7. The SMILES string of the molecule is CCNC(=O)N(C)c1cnc(Nc2ccc(C(=O)N3CCCCC3)cc2)nc1NC1CCCC1. The minimum Gasteiger partial charge on any atom is -0.365 e. The van der Waals surface area contributed by atoms with E-state index in [2.05, 4.69) is 20.9 Å². The molecule has 34 heavy (non-hydrogen) atoms. The zero-order valence-corrected chi connectivity index (χ0v) is 20.1. The number of urea groups is 1. The van der Waals surface area contributed by atoms with Gasteiger partial charge in [0, 0.05) is 44.0 Å². The lowest BCUT2D eigenvalue weighted by molar-refractivity contribution is 0.0724. The number of carbonyl (C=O) groups excluding carboxylic acids is 2. The lowest BCUT2D eigenvalue weighted by Gasteiger charge is -2.26. The number of benzene rings is 1. The lowest BCUT2D eigenvalue weighted by atomic mass is 10.1. The van der Waals surface area contributed by atoms with Gasteiger partial charge in [-0.25, -0.2) is 9.78 Å². The standard InChI is InChI=1S/C25H35N7O2/c1-3-26-25(34)31(2)21-17-27-24(30-22(21)28-19-9-5-6-10-19)29-20-13-11-18(12-14-20)23(33)32-15-7-4-8-16-32/h11-14,17,19H,3-10,15-16H2,1-2H3,(H,26,34)(H2,27,28,29,30). The fourth-order valence-electron chi connectivity index (χ4n) is 4.53. The normalized spacial score (nSPS) is 16.2. The molecule has 2 aromatic rings. The molecule has 1 aliphatic carbocycles. The topological polar surface area (TPSA) is 102 Å². The van der Waals surface area contributed by atoms with Crippen LogP contribution in [0.5, 0.6) is 0 Å². The van der Waals surface area contributed by atoms with Crippen molar-refractivity contribution in [1.29, 1.82) is 0 Å². The Labute approximate surface area is 201 Å². The number of nitrogens with one attached hydrogen (secondary N) is 3. The van der Waals surface area contributed by atoms with Crippen LogP contribution in [0.4, 0.5) is 27.9 Å². The fraction of sp³-hybridized carbons (Fsp3) is 0.520. The van der Waals surface area contributed by atoms with Crippen molar-refractivity contribution in [2.75, 3.05) is 42.2 Å². The predicted molar refractivity (Wildman–Crippen MR) is 135 cm³/mol. The smallest absolute Gasteiger partial charge is 0.321 e.